The Labute approximate surface area is 121 Å². The van der Waals surface area contributed by atoms with Gasteiger partial charge in [0, 0.05) is 0 Å². The molecule has 0 spiro atoms. The maximum atomic E-state index is 4.04. The summed E-state index contributed by atoms with van der Waals surface area (Å²) < 4.78 is 0. The molecule has 0 saturated carbocycles. The molecule has 1 unspecified atom stereocenters. The van der Waals surface area contributed by atoms with Crippen LogP contribution in [-0.2, 0) is 0 Å². The lowest BCUT2D eigenvalue weighted by Gasteiger charge is -2.37. The first-order chi connectivity index (χ1) is 9.24. The molecule has 2 aliphatic heterocycles. The van der Waals surface area contributed by atoms with Crippen LogP contribution in [0.5, 0.6) is 0 Å². The van der Waals surface area contributed by atoms with E-state index in [1.165, 1.54) is 64.2 Å². The van der Waals surface area contributed by atoms with E-state index in [9.17, 15) is 0 Å². The van der Waals surface area contributed by atoms with Crippen LogP contribution in [0.3, 0.4) is 0 Å². The summed E-state index contributed by atoms with van der Waals surface area (Å²) >= 11 is 0. The molecule has 0 aliphatic carbocycles. The Morgan fingerprint density at radius 3 is 2.42 bits per heavy atom. The normalized spacial score (nSPS) is 25.3. The van der Waals surface area contributed by atoms with Crippen molar-refractivity contribution in [3.8, 4) is 0 Å². The fourth-order valence-corrected chi connectivity index (χ4v) is 9.88. The minimum Gasteiger partial charge on any atom is -0.303 e. The van der Waals surface area contributed by atoms with E-state index >= 15 is 0 Å². The summed E-state index contributed by atoms with van der Waals surface area (Å²) in [6, 6.07) is 6.15. The fraction of sp³-hybridized carbons (Fsp3) is 0.882. The van der Waals surface area contributed by atoms with Gasteiger partial charge in [-0.05, 0) is 50.9 Å². The van der Waals surface area contributed by atoms with E-state index in [0.717, 1.165) is 5.92 Å². The number of hydrogen-bond acceptors (Lipinski definition) is 1. The van der Waals surface area contributed by atoms with Gasteiger partial charge in [-0.3, -0.25) is 0 Å². The summed E-state index contributed by atoms with van der Waals surface area (Å²) in [5.74, 6) is 0.949. The van der Waals surface area contributed by atoms with E-state index in [0.29, 0.717) is 0 Å². The highest BCUT2D eigenvalue weighted by molar-refractivity contribution is 6.80. The maximum Gasteiger partial charge on any atom is 0.0575 e. The molecule has 0 aromatic carbocycles. The quantitative estimate of drug-likeness (QED) is 0.472. The summed E-state index contributed by atoms with van der Waals surface area (Å²) in [6.07, 6.45) is 11.1. The van der Waals surface area contributed by atoms with Gasteiger partial charge >= 0.3 is 0 Å². The second-order valence-corrected chi connectivity index (χ2v) is 12.0. The molecular formula is C17H33NSi. The van der Waals surface area contributed by atoms with Crippen molar-refractivity contribution >= 4 is 8.07 Å². The van der Waals surface area contributed by atoms with Crippen molar-refractivity contribution in [2.45, 2.75) is 69.6 Å². The maximum absolute atomic E-state index is 4.04. The zero-order valence-corrected chi connectivity index (χ0v) is 14.0. The highest BCUT2D eigenvalue weighted by atomic mass is 28.3. The topological polar surface area (TPSA) is 3.24 Å². The largest absolute Gasteiger partial charge is 0.303 e. The van der Waals surface area contributed by atoms with Crippen LogP contribution in [0.4, 0.5) is 0 Å². The van der Waals surface area contributed by atoms with Crippen molar-refractivity contribution < 1.29 is 0 Å². The third kappa shape index (κ3) is 4.75. The van der Waals surface area contributed by atoms with Gasteiger partial charge in [0.1, 0.15) is 0 Å². The van der Waals surface area contributed by atoms with Gasteiger partial charge in [0.2, 0.25) is 0 Å². The van der Waals surface area contributed by atoms with Crippen LogP contribution in [0.2, 0.25) is 24.2 Å². The first-order valence-corrected chi connectivity index (χ1v) is 11.4. The lowest BCUT2D eigenvalue weighted by Crippen LogP contribution is -2.37. The van der Waals surface area contributed by atoms with Crippen molar-refractivity contribution in [2.24, 2.45) is 5.92 Å². The van der Waals surface area contributed by atoms with Gasteiger partial charge in [-0.1, -0.05) is 50.4 Å². The lowest BCUT2D eigenvalue weighted by atomic mass is 10.1. The second kappa shape index (κ2) is 7.63. The minimum absolute atomic E-state index is 0.949. The number of rotatable bonds is 7. The van der Waals surface area contributed by atoms with Gasteiger partial charge in [0.25, 0.3) is 0 Å². The van der Waals surface area contributed by atoms with Crippen molar-refractivity contribution in [3.63, 3.8) is 0 Å². The summed E-state index contributed by atoms with van der Waals surface area (Å²) in [5.41, 5.74) is 0. The summed E-state index contributed by atoms with van der Waals surface area (Å²) in [5, 5.41) is 0. The average Bonchev–Trinajstić information content (AvgIpc) is 2.91. The molecule has 2 saturated heterocycles. The van der Waals surface area contributed by atoms with E-state index in [1.54, 1.807) is 18.1 Å². The molecule has 0 amide bonds. The van der Waals surface area contributed by atoms with Crippen LogP contribution in [-0.4, -0.2) is 32.6 Å². The SMILES string of the molecule is C=CC[Si]1(CC(C)CCN2CCCC2)CCCCC1. The standard InChI is InChI=1S/C17H33NSi/c1-3-13-19(14-7-4-8-15-19)16-17(2)9-12-18-10-5-6-11-18/h3,17H,1,4-16H2,2H3. The number of likely N-dealkylation sites (tertiary alicyclic amines) is 1. The van der Waals surface area contributed by atoms with Gasteiger partial charge in [-0.25, -0.2) is 0 Å². The summed E-state index contributed by atoms with van der Waals surface area (Å²) in [4.78, 5) is 2.68. The first kappa shape index (κ1) is 15.3. The van der Waals surface area contributed by atoms with E-state index in [4.69, 9.17) is 0 Å². The van der Waals surface area contributed by atoms with Crippen LogP contribution in [0.25, 0.3) is 0 Å². The Morgan fingerprint density at radius 2 is 1.79 bits per heavy atom. The van der Waals surface area contributed by atoms with E-state index in [1.807, 2.05) is 0 Å². The van der Waals surface area contributed by atoms with Gasteiger partial charge in [-0.15, -0.1) is 6.58 Å². The third-order valence-electron chi connectivity index (χ3n) is 5.41. The second-order valence-electron chi connectivity index (χ2n) is 7.20. The zero-order chi connectivity index (χ0) is 13.6. The van der Waals surface area contributed by atoms with E-state index in [2.05, 4.69) is 24.5 Å². The van der Waals surface area contributed by atoms with Gasteiger partial charge in [0.15, 0.2) is 0 Å². The molecule has 0 bridgehead atoms. The molecule has 2 fully saturated rings. The number of hydrogen-bond donors (Lipinski definition) is 0. The molecule has 0 N–H and O–H groups in total. The Bertz CT molecular complexity index is 264. The van der Waals surface area contributed by atoms with Crippen molar-refractivity contribution in [1.82, 2.24) is 4.90 Å². The molecular weight excluding hydrogens is 246 g/mol. The number of nitrogens with zero attached hydrogens (tertiary/aromatic N) is 1. The fourth-order valence-electron chi connectivity index (χ4n) is 4.35. The smallest absolute Gasteiger partial charge is 0.0575 e. The monoisotopic (exact) mass is 279 g/mol. The zero-order valence-electron chi connectivity index (χ0n) is 13.0. The molecule has 0 aromatic heterocycles. The predicted octanol–water partition coefficient (Wildman–Crippen LogP) is 4.93. The Kier molecular flexibility index (Phi) is 6.15. The summed E-state index contributed by atoms with van der Waals surface area (Å²) in [6.45, 7) is 10.6. The molecule has 110 valence electrons. The molecule has 2 heteroatoms. The van der Waals surface area contributed by atoms with Gasteiger partial charge in [-0.2, -0.15) is 0 Å². The summed E-state index contributed by atoms with van der Waals surface area (Å²) in [7, 11) is -0.959. The van der Waals surface area contributed by atoms with Crippen LogP contribution in [0, 0.1) is 5.92 Å². The molecule has 2 heterocycles. The third-order valence-corrected chi connectivity index (χ3v) is 11.0. The Morgan fingerprint density at radius 1 is 1.11 bits per heavy atom. The Hall–Kier alpha value is -0.0831. The lowest BCUT2D eigenvalue weighted by molar-refractivity contribution is 0.313. The van der Waals surface area contributed by atoms with Gasteiger partial charge in [0.05, 0.1) is 8.07 Å². The van der Waals surface area contributed by atoms with Gasteiger partial charge < -0.3 is 4.90 Å². The van der Waals surface area contributed by atoms with Crippen molar-refractivity contribution in [1.29, 1.82) is 0 Å². The van der Waals surface area contributed by atoms with Crippen LogP contribution >= 0.6 is 0 Å². The van der Waals surface area contributed by atoms with E-state index in [-0.39, 0.29) is 0 Å². The number of allylic oxidation sites excluding steroid dienone is 1. The van der Waals surface area contributed by atoms with Crippen molar-refractivity contribution in [2.75, 3.05) is 19.6 Å². The molecule has 1 nitrogen and oxygen atoms in total. The van der Waals surface area contributed by atoms with Crippen LogP contribution in [0.15, 0.2) is 12.7 Å². The molecule has 0 radical (unpaired) electrons. The highest BCUT2D eigenvalue weighted by Gasteiger charge is 2.34. The van der Waals surface area contributed by atoms with Crippen LogP contribution in [0.1, 0.15) is 45.4 Å². The molecule has 2 rings (SSSR count). The van der Waals surface area contributed by atoms with Crippen LogP contribution < -0.4 is 0 Å². The molecule has 1 atom stereocenters. The van der Waals surface area contributed by atoms with E-state index < -0.39 is 8.07 Å². The molecule has 19 heavy (non-hydrogen) atoms. The molecule has 2 aliphatic rings. The van der Waals surface area contributed by atoms with Crippen molar-refractivity contribution in [3.05, 3.63) is 12.7 Å². The first-order valence-electron chi connectivity index (χ1n) is 8.57. The minimum atomic E-state index is -0.959. The predicted molar refractivity (Wildman–Crippen MR) is 88.5 cm³/mol. The molecule has 0 aromatic rings. The average molecular weight is 280 g/mol. The highest BCUT2D eigenvalue weighted by Crippen LogP contribution is 2.38. The Balaban J connectivity index is 1.76.